The molecule has 0 saturated carbocycles. The van der Waals surface area contributed by atoms with Crippen molar-refractivity contribution in [3.63, 3.8) is 0 Å². The molecule has 1 unspecified atom stereocenters. The van der Waals surface area contributed by atoms with E-state index in [-0.39, 0.29) is 23.3 Å². The number of hydrogen-bond acceptors (Lipinski definition) is 4. The number of anilines is 1. The maximum atomic E-state index is 12.2. The van der Waals surface area contributed by atoms with Gasteiger partial charge < -0.3 is 4.90 Å². The zero-order chi connectivity index (χ0) is 13.6. The summed E-state index contributed by atoms with van der Waals surface area (Å²) >= 11 is 0. The molecular weight excluding hydrogens is 250 g/mol. The van der Waals surface area contributed by atoms with Crippen LogP contribution in [0.2, 0.25) is 0 Å². The average molecular weight is 261 g/mol. The van der Waals surface area contributed by atoms with Crippen LogP contribution in [0.25, 0.3) is 0 Å². The monoisotopic (exact) mass is 261 g/mol. The highest BCUT2D eigenvalue weighted by Gasteiger charge is 2.48. The molecule has 7 heteroatoms. The molecule has 2 saturated heterocycles. The summed E-state index contributed by atoms with van der Waals surface area (Å²) in [7, 11) is 0. The SMILES string of the molecule is O=C1C2CCCN2C(=O)N1c1cccc([N+](=O)[O-])c1. The first-order chi connectivity index (χ1) is 9.09. The maximum absolute atomic E-state index is 12.2. The van der Waals surface area contributed by atoms with Crippen LogP contribution < -0.4 is 4.90 Å². The van der Waals surface area contributed by atoms with Crippen LogP contribution >= 0.6 is 0 Å². The van der Waals surface area contributed by atoms with Gasteiger partial charge >= 0.3 is 6.03 Å². The average Bonchev–Trinajstić information content (AvgIpc) is 2.95. The zero-order valence-corrected chi connectivity index (χ0v) is 9.98. The number of imide groups is 1. The van der Waals surface area contributed by atoms with Crippen LogP contribution in [0.1, 0.15) is 12.8 Å². The largest absolute Gasteiger partial charge is 0.332 e. The van der Waals surface area contributed by atoms with Gasteiger partial charge in [-0.2, -0.15) is 0 Å². The number of nitro benzene ring substituents is 1. The number of carbonyl (C=O) groups excluding carboxylic acids is 2. The topological polar surface area (TPSA) is 83.8 Å². The fourth-order valence-electron chi connectivity index (χ4n) is 2.61. The number of amides is 3. The summed E-state index contributed by atoms with van der Waals surface area (Å²) in [5, 5.41) is 10.7. The third kappa shape index (κ3) is 1.66. The van der Waals surface area contributed by atoms with Crippen molar-refractivity contribution in [2.45, 2.75) is 18.9 Å². The van der Waals surface area contributed by atoms with E-state index in [0.717, 1.165) is 11.3 Å². The van der Waals surface area contributed by atoms with Crippen LogP contribution in [0, 0.1) is 10.1 Å². The van der Waals surface area contributed by atoms with Gasteiger partial charge in [-0.05, 0) is 18.9 Å². The number of fused-ring (bicyclic) bond motifs is 1. The van der Waals surface area contributed by atoms with Gasteiger partial charge in [0.1, 0.15) is 6.04 Å². The van der Waals surface area contributed by atoms with Crippen LogP contribution in [0.3, 0.4) is 0 Å². The second-order valence-electron chi connectivity index (χ2n) is 4.58. The van der Waals surface area contributed by atoms with Gasteiger partial charge in [-0.25, -0.2) is 9.69 Å². The van der Waals surface area contributed by atoms with E-state index in [1.807, 2.05) is 0 Å². The Balaban J connectivity index is 1.98. The van der Waals surface area contributed by atoms with E-state index in [1.54, 1.807) is 0 Å². The number of nitro groups is 1. The van der Waals surface area contributed by atoms with Gasteiger partial charge in [0.25, 0.3) is 11.6 Å². The molecule has 1 aromatic rings. The lowest BCUT2D eigenvalue weighted by Crippen LogP contribution is -2.33. The van der Waals surface area contributed by atoms with Gasteiger partial charge in [-0.3, -0.25) is 14.9 Å². The van der Waals surface area contributed by atoms with Gasteiger partial charge in [0.05, 0.1) is 10.6 Å². The molecule has 2 aliphatic heterocycles. The van der Waals surface area contributed by atoms with Crippen molar-refractivity contribution in [3.8, 4) is 0 Å². The van der Waals surface area contributed by atoms with Crippen molar-refractivity contribution >= 4 is 23.3 Å². The Morgan fingerprint density at radius 2 is 2.11 bits per heavy atom. The molecule has 0 radical (unpaired) electrons. The molecule has 2 aliphatic rings. The van der Waals surface area contributed by atoms with E-state index >= 15 is 0 Å². The Morgan fingerprint density at radius 3 is 2.79 bits per heavy atom. The van der Waals surface area contributed by atoms with Crippen molar-refractivity contribution in [1.29, 1.82) is 0 Å². The Morgan fingerprint density at radius 1 is 1.32 bits per heavy atom. The summed E-state index contributed by atoms with van der Waals surface area (Å²) in [5.41, 5.74) is 0.128. The standard InChI is InChI=1S/C12H11N3O4/c16-11-10-5-2-6-13(10)12(17)14(11)8-3-1-4-9(7-8)15(18)19/h1,3-4,7,10H,2,5-6H2. The summed E-state index contributed by atoms with van der Waals surface area (Å²) in [6.07, 6.45) is 1.49. The third-order valence-electron chi connectivity index (χ3n) is 3.49. The second-order valence-corrected chi connectivity index (χ2v) is 4.58. The lowest BCUT2D eigenvalue weighted by atomic mass is 10.2. The Hall–Kier alpha value is -2.44. The molecule has 0 spiro atoms. The molecule has 1 aromatic carbocycles. The lowest BCUT2D eigenvalue weighted by Gasteiger charge is -2.15. The Labute approximate surface area is 108 Å². The van der Waals surface area contributed by atoms with Crippen LogP contribution in [-0.2, 0) is 4.79 Å². The number of hydrogen-bond donors (Lipinski definition) is 0. The van der Waals surface area contributed by atoms with E-state index in [9.17, 15) is 19.7 Å². The fourth-order valence-corrected chi connectivity index (χ4v) is 2.61. The lowest BCUT2D eigenvalue weighted by molar-refractivity contribution is -0.384. The first-order valence-corrected chi connectivity index (χ1v) is 5.98. The van der Waals surface area contributed by atoms with Gasteiger partial charge in [0.15, 0.2) is 0 Å². The number of urea groups is 1. The molecule has 0 N–H and O–H groups in total. The number of non-ortho nitro benzene ring substituents is 1. The minimum Gasteiger partial charge on any atom is -0.312 e. The van der Waals surface area contributed by atoms with E-state index < -0.39 is 11.0 Å². The van der Waals surface area contributed by atoms with Crippen LogP contribution in [-0.4, -0.2) is 34.3 Å². The highest BCUT2D eigenvalue weighted by Crippen LogP contribution is 2.32. The molecular formula is C12H11N3O4. The molecule has 0 aliphatic carbocycles. The molecule has 2 heterocycles. The van der Waals surface area contributed by atoms with Crippen LogP contribution in [0.5, 0.6) is 0 Å². The Bertz CT molecular complexity index is 564. The summed E-state index contributed by atoms with van der Waals surface area (Å²) in [6, 6.07) is 4.80. The van der Waals surface area contributed by atoms with E-state index in [0.29, 0.717) is 13.0 Å². The van der Waals surface area contributed by atoms with Crippen molar-refractivity contribution in [1.82, 2.24) is 4.90 Å². The van der Waals surface area contributed by atoms with Crippen molar-refractivity contribution in [3.05, 3.63) is 34.4 Å². The first kappa shape index (κ1) is 11.6. The van der Waals surface area contributed by atoms with Crippen LogP contribution in [0.15, 0.2) is 24.3 Å². The number of nitrogens with zero attached hydrogens (tertiary/aromatic N) is 3. The van der Waals surface area contributed by atoms with Gasteiger partial charge in [0, 0.05) is 18.7 Å². The molecule has 2 fully saturated rings. The first-order valence-electron chi connectivity index (χ1n) is 5.98. The molecule has 0 bridgehead atoms. The minimum atomic E-state index is -0.546. The van der Waals surface area contributed by atoms with Crippen molar-refractivity contribution < 1.29 is 14.5 Å². The minimum absolute atomic E-state index is 0.134. The zero-order valence-electron chi connectivity index (χ0n) is 9.98. The fraction of sp³-hybridized carbons (Fsp3) is 0.333. The normalized spacial score (nSPS) is 22.0. The molecule has 3 amide bonds. The van der Waals surface area contributed by atoms with Crippen molar-refractivity contribution in [2.75, 3.05) is 11.4 Å². The molecule has 7 nitrogen and oxygen atoms in total. The molecule has 98 valence electrons. The van der Waals surface area contributed by atoms with E-state index in [2.05, 4.69) is 0 Å². The highest BCUT2D eigenvalue weighted by atomic mass is 16.6. The summed E-state index contributed by atoms with van der Waals surface area (Å²) in [4.78, 5) is 37.1. The molecule has 0 aromatic heterocycles. The third-order valence-corrected chi connectivity index (χ3v) is 3.49. The van der Waals surface area contributed by atoms with Crippen LogP contribution in [0.4, 0.5) is 16.2 Å². The highest BCUT2D eigenvalue weighted by molar-refractivity contribution is 6.21. The maximum Gasteiger partial charge on any atom is 0.332 e. The molecule has 3 rings (SSSR count). The van der Waals surface area contributed by atoms with Gasteiger partial charge in [-0.15, -0.1) is 0 Å². The number of carbonyl (C=O) groups is 2. The predicted octanol–water partition coefficient (Wildman–Crippen LogP) is 1.53. The van der Waals surface area contributed by atoms with E-state index in [1.165, 1.54) is 29.2 Å². The summed E-state index contributed by atoms with van der Waals surface area (Å²) in [6.45, 7) is 0.570. The number of rotatable bonds is 2. The predicted molar refractivity (Wildman–Crippen MR) is 65.7 cm³/mol. The molecule has 1 atom stereocenters. The molecule has 19 heavy (non-hydrogen) atoms. The number of benzene rings is 1. The summed E-state index contributed by atoms with van der Waals surface area (Å²) < 4.78 is 0. The quantitative estimate of drug-likeness (QED) is 0.459. The van der Waals surface area contributed by atoms with E-state index in [4.69, 9.17) is 0 Å². The Kier molecular flexibility index (Phi) is 2.48. The smallest absolute Gasteiger partial charge is 0.312 e. The van der Waals surface area contributed by atoms with Crippen molar-refractivity contribution in [2.24, 2.45) is 0 Å². The van der Waals surface area contributed by atoms with Gasteiger partial charge in [-0.1, -0.05) is 6.07 Å². The second kappa shape index (κ2) is 4.04. The van der Waals surface area contributed by atoms with Gasteiger partial charge in [0.2, 0.25) is 0 Å². The summed E-state index contributed by atoms with van der Waals surface area (Å²) in [5.74, 6) is -0.289.